The molecule has 0 aliphatic carbocycles. The molecule has 0 amide bonds. The van der Waals surface area contributed by atoms with Gasteiger partial charge in [0.25, 0.3) is 0 Å². The first-order valence-corrected chi connectivity index (χ1v) is 11.8. The van der Waals surface area contributed by atoms with Gasteiger partial charge in [-0.3, -0.25) is 0 Å². The average Bonchev–Trinajstić information content (AvgIpc) is 3.46. The van der Waals surface area contributed by atoms with E-state index in [1.165, 1.54) is 16.0 Å². The maximum atomic E-state index is 15.2. The molecule has 9 heteroatoms. The molecule has 0 unspecified atom stereocenters. The summed E-state index contributed by atoms with van der Waals surface area (Å²) in [7, 11) is 0. The summed E-state index contributed by atoms with van der Waals surface area (Å²) in [6, 6.07) is 12.1. The van der Waals surface area contributed by atoms with E-state index in [4.69, 9.17) is 4.74 Å². The number of carboxylic acid groups (broad SMARTS) is 1. The highest BCUT2D eigenvalue weighted by Gasteiger charge is 2.19. The lowest BCUT2D eigenvalue weighted by Gasteiger charge is -2.12. The lowest BCUT2D eigenvalue weighted by molar-refractivity contribution is 0.0697. The van der Waals surface area contributed by atoms with Gasteiger partial charge in [-0.05, 0) is 48.9 Å². The highest BCUT2D eigenvalue weighted by atomic mass is 32.1. The molecule has 0 saturated carbocycles. The summed E-state index contributed by atoms with van der Waals surface area (Å²) in [4.78, 5) is 17.2. The monoisotopic (exact) mass is 480 g/mol. The summed E-state index contributed by atoms with van der Waals surface area (Å²) in [5.41, 5.74) is 1.78. The van der Waals surface area contributed by atoms with Gasteiger partial charge in [-0.25, -0.2) is 18.9 Å². The predicted octanol–water partition coefficient (Wildman–Crippen LogP) is 6.17. The van der Waals surface area contributed by atoms with Crippen molar-refractivity contribution in [3.05, 3.63) is 71.1 Å². The molecular formula is C25H25FN4O3S. The lowest BCUT2D eigenvalue weighted by Crippen LogP contribution is -2.09. The van der Waals surface area contributed by atoms with E-state index in [1.54, 1.807) is 43.5 Å². The third kappa shape index (κ3) is 4.94. The highest BCUT2D eigenvalue weighted by molar-refractivity contribution is 7.13. The number of nitrogens with one attached hydrogen (secondary N) is 1. The Bertz CT molecular complexity index is 1300. The van der Waals surface area contributed by atoms with Crippen LogP contribution in [0.3, 0.4) is 0 Å². The third-order valence-electron chi connectivity index (χ3n) is 5.04. The smallest absolute Gasteiger partial charge is 0.339 e. The molecule has 0 aliphatic rings. The number of thiophene rings is 1. The molecule has 0 atom stereocenters. The van der Waals surface area contributed by atoms with Gasteiger partial charge in [0.05, 0.1) is 6.61 Å². The minimum Gasteiger partial charge on any atom is -0.491 e. The van der Waals surface area contributed by atoms with Crippen LogP contribution in [0.25, 0.3) is 16.1 Å². The maximum Gasteiger partial charge on any atom is 0.339 e. The third-order valence-corrected chi connectivity index (χ3v) is 5.96. The summed E-state index contributed by atoms with van der Waals surface area (Å²) in [6.07, 6.45) is 2.27. The number of carboxylic acids is 1. The Labute approximate surface area is 200 Å². The second-order valence-corrected chi connectivity index (χ2v) is 9.03. The van der Waals surface area contributed by atoms with Crippen molar-refractivity contribution in [1.29, 1.82) is 0 Å². The number of pyridine rings is 1. The second kappa shape index (κ2) is 10.0. The van der Waals surface area contributed by atoms with Crippen LogP contribution in [0.15, 0.2) is 54.0 Å². The Balaban J connectivity index is 1.73. The average molecular weight is 481 g/mol. The van der Waals surface area contributed by atoms with E-state index in [-0.39, 0.29) is 22.8 Å². The predicted molar refractivity (Wildman–Crippen MR) is 131 cm³/mol. The zero-order valence-electron chi connectivity index (χ0n) is 19.1. The van der Waals surface area contributed by atoms with Gasteiger partial charge in [0.15, 0.2) is 17.4 Å². The van der Waals surface area contributed by atoms with Crippen LogP contribution in [-0.4, -0.2) is 32.4 Å². The van der Waals surface area contributed by atoms with Gasteiger partial charge in [-0.2, -0.15) is 0 Å². The lowest BCUT2D eigenvalue weighted by atomic mass is 10.1. The normalized spacial score (nSPS) is 11.1. The number of carbonyl (C=O) groups is 1. The van der Waals surface area contributed by atoms with Crippen LogP contribution in [0, 0.1) is 11.7 Å². The minimum atomic E-state index is -1.11. The summed E-state index contributed by atoms with van der Waals surface area (Å²) >= 11 is 1.51. The van der Waals surface area contributed by atoms with Gasteiger partial charge in [-0.1, -0.05) is 26.0 Å². The van der Waals surface area contributed by atoms with Gasteiger partial charge in [0, 0.05) is 28.4 Å². The maximum absolute atomic E-state index is 15.2. The number of aromatic nitrogens is 3. The molecule has 4 rings (SSSR count). The molecule has 0 aliphatic heterocycles. The molecule has 1 aromatic carbocycles. The molecule has 3 heterocycles. The van der Waals surface area contributed by atoms with E-state index in [2.05, 4.69) is 29.2 Å². The van der Waals surface area contributed by atoms with E-state index in [0.717, 1.165) is 16.1 Å². The Kier molecular flexibility index (Phi) is 6.93. The fraction of sp³-hybridized carbons (Fsp3) is 0.240. The number of hydrogen-bond donors (Lipinski definition) is 2. The van der Waals surface area contributed by atoms with Crippen LogP contribution >= 0.6 is 11.3 Å². The summed E-state index contributed by atoms with van der Waals surface area (Å²) in [5.74, 6) is -0.633. The quantitative estimate of drug-likeness (QED) is 0.298. The van der Waals surface area contributed by atoms with E-state index < -0.39 is 11.8 Å². The Hall–Kier alpha value is -3.72. The molecule has 4 aromatic rings. The Morgan fingerprint density at radius 2 is 2.09 bits per heavy atom. The second-order valence-electron chi connectivity index (χ2n) is 8.08. The van der Waals surface area contributed by atoms with Crippen molar-refractivity contribution in [1.82, 2.24) is 14.8 Å². The molecule has 2 N–H and O–H groups in total. The van der Waals surface area contributed by atoms with Crippen molar-refractivity contribution in [3.63, 3.8) is 0 Å². The van der Waals surface area contributed by atoms with Crippen molar-refractivity contribution < 1.29 is 19.0 Å². The van der Waals surface area contributed by atoms with Crippen molar-refractivity contribution in [3.8, 4) is 21.9 Å². The molecule has 0 bridgehead atoms. The number of nitrogens with zero attached hydrogens (tertiary/aromatic N) is 3. The number of ether oxygens (including phenoxy) is 1. The number of anilines is 2. The zero-order valence-corrected chi connectivity index (χ0v) is 19.9. The SMILES string of the molecule is CCOc1cccc(-n2nc(Nc3ncc(-c4cccs4)cc3C(=O)O)cc2CC(C)C)c1F. The topological polar surface area (TPSA) is 89.3 Å². The molecule has 176 valence electrons. The fourth-order valence-corrected chi connectivity index (χ4v) is 4.32. The van der Waals surface area contributed by atoms with E-state index in [9.17, 15) is 9.90 Å². The first-order chi connectivity index (χ1) is 16.4. The summed E-state index contributed by atoms with van der Waals surface area (Å²) in [6.45, 7) is 6.26. The fourth-order valence-electron chi connectivity index (χ4n) is 3.61. The number of benzene rings is 1. The van der Waals surface area contributed by atoms with Crippen LogP contribution < -0.4 is 10.1 Å². The molecule has 0 fully saturated rings. The van der Waals surface area contributed by atoms with Crippen molar-refractivity contribution >= 4 is 28.9 Å². The van der Waals surface area contributed by atoms with Gasteiger partial charge in [0.2, 0.25) is 0 Å². The standard InChI is InChI=1S/C25H25FN4O3S/c1-4-33-20-8-5-7-19(23(20)26)30-17(11-15(2)3)13-22(29-30)28-24-18(25(31)32)12-16(14-27-24)21-9-6-10-34-21/h5-10,12-15H,4,11H2,1-3H3,(H,31,32)(H,27,28,29). The summed E-state index contributed by atoms with van der Waals surface area (Å²) in [5, 5.41) is 19.3. The van der Waals surface area contributed by atoms with Gasteiger partial charge in [0.1, 0.15) is 17.1 Å². The first-order valence-electron chi connectivity index (χ1n) is 10.9. The van der Waals surface area contributed by atoms with Gasteiger partial charge in [-0.15, -0.1) is 16.4 Å². The van der Waals surface area contributed by atoms with Gasteiger partial charge >= 0.3 is 5.97 Å². The van der Waals surface area contributed by atoms with Crippen molar-refractivity contribution in [2.45, 2.75) is 27.2 Å². The largest absolute Gasteiger partial charge is 0.491 e. The van der Waals surface area contributed by atoms with Crippen LogP contribution in [0.2, 0.25) is 0 Å². The Morgan fingerprint density at radius 1 is 1.26 bits per heavy atom. The molecule has 0 radical (unpaired) electrons. The zero-order chi connectivity index (χ0) is 24.2. The van der Waals surface area contributed by atoms with Crippen LogP contribution in [0.1, 0.15) is 36.8 Å². The molecule has 34 heavy (non-hydrogen) atoms. The van der Waals surface area contributed by atoms with Crippen molar-refractivity contribution in [2.24, 2.45) is 5.92 Å². The number of rotatable bonds is 9. The number of hydrogen-bond acceptors (Lipinski definition) is 6. The minimum absolute atomic E-state index is 0.0235. The summed E-state index contributed by atoms with van der Waals surface area (Å²) < 4.78 is 22.1. The van der Waals surface area contributed by atoms with Crippen LogP contribution in [0.4, 0.5) is 16.0 Å². The van der Waals surface area contributed by atoms with Gasteiger partial charge < -0.3 is 15.2 Å². The highest BCUT2D eigenvalue weighted by Crippen LogP contribution is 2.30. The van der Waals surface area contributed by atoms with Crippen molar-refractivity contribution in [2.75, 3.05) is 11.9 Å². The molecular weight excluding hydrogens is 455 g/mol. The molecule has 0 saturated heterocycles. The first kappa shape index (κ1) is 23.4. The van der Waals surface area contributed by atoms with E-state index >= 15 is 4.39 Å². The van der Waals surface area contributed by atoms with E-state index in [0.29, 0.717) is 24.8 Å². The molecule has 3 aromatic heterocycles. The number of halogens is 1. The van der Waals surface area contributed by atoms with E-state index in [1.807, 2.05) is 17.5 Å². The number of aromatic carboxylic acids is 1. The van der Waals surface area contributed by atoms with Crippen LogP contribution in [0.5, 0.6) is 5.75 Å². The molecule has 7 nitrogen and oxygen atoms in total. The Morgan fingerprint density at radius 3 is 2.76 bits per heavy atom. The van der Waals surface area contributed by atoms with Crippen LogP contribution in [-0.2, 0) is 6.42 Å². The molecule has 0 spiro atoms.